The minimum absolute atomic E-state index is 0.128. The van der Waals surface area contributed by atoms with Crippen LogP contribution < -0.4 is 15.6 Å². The van der Waals surface area contributed by atoms with Crippen molar-refractivity contribution in [2.24, 2.45) is 4.99 Å². The average molecular weight is 483 g/mol. The Bertz CT molecular complexity index is 1320. The van der Waals surface area contributed by atoms with Crippen molar-refractivity contribution in [2.45, 2.75) is 18.7 Å². The summed E-state index contributed by atoms with van der Waals surface area (Å²) in [6, 6.07) is 9.58. The van der Waals surface area contributed by atoms with E-state index in [1.54, 1.807) is 38.1 Å². The Labute approximate surface area is 197 Å². The van der Waals surface area contributed by atoms with Gasteiger partial charge in [-0.2, -0.15) is 0 Å². The van der Waals surface area contributed by atoms with Crippen LogP contribution in [0.4, 0.5) is 4.39 Å². The van der Waals surface area contributed by atoms with E-state index in [0.717, 1.165) is 12.1 Å². The number of carbonyl (C=O) groups excluding carboxylic acids is 2. The number of nitrogens with zero attached hydrogens (tertiary/aromatic N) is 1. The second-order valence-electron chi connectivity index (χ2n) is 6.96. The van der Waals surface area contributed by atoms with E-state index in [1.165, 1.54) is 18.2 Å². The van der Waals surface area contributed by atoms with Gasteiger partial charge in [0.2, 0.25) is 0 Å². The maximum Gasteiger partial charge on any atom is 0.295 e. The third kappa shape index (κ3) is 6.96. The fourth-order valence-corrected chi connectivity index (χ4v) is 3.75. The summed E-state index contributed by atoms with van der Waals surface area (Å²) < 4.78 is 38.5. The van der Waals surface area contributed by atoms with Crippen molar-refractivity contribution in [3.63, 3.8) is 0 Å². The predicted octanol–water partition coefficient (Wildman–Crippen LogP) is 2.49. The number of nitrogens with one attached hydrogen (secondary N) is 3. The summed E-state index contributed by atoms with van der Waals surface area (Å²) in [6.45, 7) is 7.23. The van der Waals surface area contributed by atoms with Crippen molar-refractivity contribution in [2.75, 3.05) is 6.54 Å². The van der Waals surface area contributed by atoms with Crippen molar-refractivity contribution >= 4 is 34.3 Å². The number of hydrogen-bond acceptors (Lipinski definition) is 5. The zero-order valence-electron chi connectivity index (χ0n) is 18.6. The molecule has 0 saturated carbocycles. The van der Waals surface area contributed by atoms with Gasteiger partial charge in [-0.25, -0.2) is 12.8 Å². The van der Waals surface area contributed by atoms with Gasteiger partial charge < -0.3 is 5.32 Å². The van der Waals surface area contributed by atoms with Crippen LogP contribution in [-0.2, 0) is 14.8 Å². The summed E-state index contributed by atoms with van der Waals surface area (Å²) in [5.41, 5.74) is 4.53. The highest BCUT2D eigenvalue weighted by molar-refractivity contribution is 7.89. The first kappa shape index (κ1) is 26.2. The highest BCUT2D eigenvalue weighted by Crippen LogP contribution is 2.21. The summed E-state index contributed by atoms with van der Waals surface area (Å²) in [5, 5.41) is 2.55. The standard InChI is InChI=1S/C24H23FN4O4S/c1-5-17(15-27-23(30)6-2)13-21(26-4)18-11-16(3)12-19(14-18)24(31)28-29-34(32,33)22-10-8-7-9-20(22)25/h2,5,7-14,29H,4,15H2,1,3H3,(H,27,30)(H,28,31)/b17-5+,21-13-. The van der Waals surface area contributed by atoms with Crippen LogP contribution in [0.2, 0.25) is 0 Å². The molecule has 0 aliphatic heterocycles. The zero-order chi connectivity index (χ0) is 25.3. The Balaban J connectivity index is 2.26. The highest BCUT2D eigenvalue weighted by atomic mass is 32.2. The van der Waals surface area contributed by atoms with Crippen LogP contribution in [0.1, 0.15) is 28.4 Å². The molecule has 34 heavy (non-hydrogen) atoms. The minimum atomic E-state index is -4.32. The van der Waals surface area contributed by atoms with Gasteiger partial charge in [0.05, 0.1) is 5.70 Å². The third-order valence-electron chi connectivity index (χ3n) is 4.51. The van der Waals surface area contributed by atoms with Crippen LogP contribution in [0.15, 0.2) is 70.1 Å². The summed E-state index contributed by atoms with van der Waals surface area (Å²) in [4.78, 5) is 29.2. The number of carbonyl (C=O) groups is 2. The molecule has 0 aliphatic carbocycles. The predicted molar refractivity (Wildman–Crippen MR) is 128 cm³/mol. The molecule has 0 saturated heterocycles. The first-order valence-corrected chi connectivity index (χ1v) is 11.4. The fourth-order valence-electron chi connectivity index (χ4n) is 2.83. The van der Waals surface area contributed by atoms with Crippen LogP contribution in [-0.4, -0.2) is 33.5 Å². The summed E-state index contributed by atoms with van der Waals surface area (Å²) in [7, 11) is -4.32. The molecule has 3 N–H and O–H groups in total. The van der Waals surface area contributed by atoms with Gasteiger partial charge in [-0.05, 0) is 74.0 Å². The number of allylic oxidation sites excluding steroid dienone is 1. The normalized spacial score (nSPS) is 11.9. The van der Waals surface area contributed by atoms with Crippen LogP contribution >= 0.6 is 0 Å². The van der Waals surface area contributed by atoms with Crippen molar-refractivity contribution in [1.82, 2.24) is 15.6 Å². The lowest BCUT2D eigenvalue weighted by Crippen LogP contribution is -2.41. The van der Waals surface area contributed by atoms with Crippen molar-refractivity contribution in [3.05, 3.63) is 82.7 Å². The quantitative estimate of drug-likeness (QED) is 0.220. The molecular formula is C24H23FN4O4S. The molecule has 0 aliphatic rings. The topological polar surface area (TPSA) is 117 Å². The van der Waals surface area contributed by atoms with Gasteiger partial charge in [0.15, 0.2) is 0 Å². The largest absolute Gasteiger partial charge is 0.341 e. The number of amides is 2. The minimum Gasteiger partial charge on any atom is -0.341 e. The second-order valence-corrected chi connectivity index (χ2v) is 8.61. The number of sulfonamides is 1. The van der Waals surface area contributed by atoms with Gasteiger partial charge in [-0.15, -0.1) is 11.3 Å². The van der Waals surface area contributed by atoms with Crippen LogP contribution in [0.5, 0.6) is 0 Å². The van der Waals surface area contributed by atoms with Crippen molar-refractivity contribution < 1.29 is 22.4 Å². The lowest BCUT2D eigenvalue weighted by atomic mass is 10.0. The van der Waals surface area contributed by atoms with Gasteiger partial charge in [-0.1, -0.05) is 18.2 Å². The number of aryl methyl sites for hydroxylation is 1. The van der Waals surface area contributed by atoms with Crippen LogP contribution in [0.3, 0.4) is 0 Å². The molecule has 2 aromatic carbocycles. The number of hydrogen-bond donors (Lipinski definition) is 3. The number of halogens is 1. The number of terminal acetylenes is 1. The van der Waals surface area contributed by atoms with E-state index in [2.05, 4.69) is 22.5 Å². The smallest absolute Gasteiger partial charge is 0.295 e. The van der Waals surface area contributed by atoms with E-state index in [0.29, 0.717) is 22.4 Å². The Morgan fingerprint density at radius 3 is 2.50 bits per heavy atom. The van der Waals surface area contributed by atoms with Gasteiger partial charge in [0.1, 0.15) is 10.7 Å². The highest BCUT2D eigenvalue weighted by Gasteiger charge is 2.20. The van der Waals surface area contributed by atoms with E-state index in [1.807, 2.05) is 10.8 Å². The van der Waals surface area contributed by atoms with E-state index in [9.17, 15) is 22.4 Å². The third-order valence-corrected chi connectivity index (χ3v) is 5.79. The molecule has 0 bridgehead atoms. The van der Waals surface area contributed by atoms with E-state index < -0.39 is 32.6 Å². The van der Waals surface area contributed by atoms with Crippen LogP contribution in [0, 0.1) is 25.1 Å². The molecule has 176 valence electrons. The molecular weight excluding hydrogens is 459 g/mol. The molecule has 0 fully saturated rings. The SMILES string of the molecule is C#CC(=O)NCC(/C=C(\N=C)c1cc(C)cc(C(=O)NNS(=O)(=O)c2ccccc2F)c1)=C/C. The van der Waals surface area contributed by atoms with Crippen LogP contribution in [0.25, 0.3) is 5.70 Å². The fraction of sp³-hybridized carbons (Fsp3) is 0.125. The van der Waals surface area contributed by atoms with Crippen molar-refractivity contribution in [3.8, 4) is 12.3 Å². The molecule has 0 radical (unpaired) electrons. The summed E-state index contributed by atoms with van der Waals surface area (Å²) in [6.07, 6.45) is 8.47. The number of benzene rings is 2. The van der Waals surface area contributed by atoms with E-state index in [4.69, 9.17) is 6.42 Å². The number of hydrazine groups is 1. The Kier molecular flexibility index (Phi) is 9.01. The summed E-state index contributed by atoms with van der Waals surface area (Å²) >= 11 is 0. The van der Waals surface area contributed by atoms with Gasteiger partial charge in [0.25, 0.3) is 21.8 Å². The molecule has 0 aromatic heterocycles. The number of rotatable bonds is 9. The van der Waals surface area contributed by atoms with Gasteiger partial charge in [-0.3, -0.25) is 20.0 Å². The molecule has 0 heterocycles. The lowest BCUT2D eigenvalue weighted by molar-refractivity contribution is -0.115. The van der Waals surface area contributed by atoms with Gasteiger partial charge in [0, 0.05) is 17.7 Å². The molecule has 2 rings (SSSR count). The monoisotopic (exact) mass is 482 g/mol. The Hall–Kier alpha value is -4.07. The first-order chi connectivity index (χ1) is 16.1. The maximum absolute atomic E-state index is 13.8. The summed E-state index contributed by atoms with van der Waals surface area (Å²) in [5.74, 6) is -0.318. The average Bonchev–Trinajstić information content (AvgIpc) is 2.82. The van der Waals surface area contributed by atoms with Gasteiger partial charge >= 0.3 is 0 Å². The Morgan fingerprint density at radius 2 is 1.88 bits per heavy atom. The molecule has 0 atom stereocenters. The molecule has 2 aromatic rings. The zero-order valence-corrected chi connectivity index (χ0v) is 19.4. The molecule has 10 heteroatoms. The second kappa shape index (κ2) is 11.7. The number of aliphatic imine (C=N–C) groups is 1. The van der Waals surface area contributed by atoms with E-state index in [-0.39, 0.29) is 12.1 Å². The Morgan fingerprint density at radius 1 is 1.21 bits per heavy atom. The first-order valence-electron chi connectivity index (χ1n) is 9.88. The molecule has 0 spiro atoms. The maximum atomic E-state index is 13.8. The molecule has 8 nitrogen and oxygen atoms in total. The van der Waals surface area contributed by atoms with Crippen molar-refractivity contribution in [1.29, 1.82) is 0 Å². The lowest BCUT2D eigenvalue weighted by Gasteiger charge is -2.11. The molecule has 2 amide bonds. The van der Waals surface area contributed by atoms with E-state index >= 15 is 0 Å². The molecule has 0 unspecified atom stereocenters.